The van der Waals surface area contributed by atoms with E-state index in [0.717, 1.165) is 16.0 Å². The number of likely N-dealkylation sites (N-methyl/N-ethyl adjacent to an activating group) is 1. The molecular formula is C22H24N2O5. The molecule has 2 aromatic rings. The molecule has 0 atom stereocenters. The van der Waals surface area contributed by atoms with E-state index in [9.17, 15) is 14.4 Å². The summed E-state index contributed by atoms with van der Waals surface area (Å²) < 4.78 is 11.3. The minimum Gasteiger partial charge on any atom is -0.493 e. The first kappa shape index (κ1) is 20.4. The van der Waals surface area contributed by atoms with Crippen LogP contribution in [-0.4, -0.2) is 48.2 Å². The largest absolute Gasteiger partial charge is 0.493 e. The van der Waals surface area contributed by atoms with Crippen LogP contribution >= 0.6 is 0 Å². The highest BCUT2D eigenvalue weighted by molar-refractivity contribution is 6.04. The fourth-order valence-corrected chi connectivity index (χ4v) is 3.08. The lowest BCUT2D eigenvalue weighted by molar-refractivity contribution is -0.145. The third-order valence-corrected chi connectivity index (χ3v) is 4.76. The van der Waals surface area contributed by atoms with Crippen molar-refractivity contribution in [2.45, 2.75) is 26.0 Å². The zero-order valence-electron chi connectivity index (χ0n) is 16.6. The highest BCUT2D eigenvalue weighted by Gasteiger charge is 2.31. The zero-order valence-corrected chi connectivity index (χ0v) is 16.6. The Hall–Kier alpha value is -3.35. The fourth-order valence-electron chi connectivity index (χ4n) is 3.08. The molecule has 1 aliphatic heterocycles. The summed E-state index contributed by atoms with van der Waals surface area (Å²) in [6, 6.07) is 15.3. The van der Waals surface area contributed by atoms with Crippen molar-refractivity contribution in [1.29, 1.82) is 0 Å². The molecule has 0 radical (unpaired) electrons. The molecule has 1 saturated heterocycles. The minimum absolute atomic E-state index is 0.178. The van der Waals surface area contributed by atoms with Crippen molar-refractivity contribution < 1.29 is 23.9 Å². The van der Waals surface area contributed by atoms with Crippen LogP contribution < -0.4 is 9.47 Å². The van der Waals surface area contributed by atoms with Crippen LogP contribution in [0.5, 0.6) is 11.5 Å². The molecule has 29 heavy (non-hydrogen) atoms. The molecule has 7 heteroatoms. The molecule has 152 valence electrons. The van der Waals surface area contributed by atoms with Gasteiger partial charge in [-0.25, -0.2) is 0 Å². The van der Waals surface area contributed by atoms with E-state index in [1.807, 2.05) is 48.5 Å². The minimum atomic E-state index is -0.294. The Morgan fingerprint density at radius 3 is 2.34 bits per heavy atom. The van der Waals surface area contributed by atoms with Gasteiger partial charge in [-0.1, -0.05) is 36.4 Å². The van der Waals surface area contributed by atoms with E-state index in [1.54, 1.807) is 14.2 Å². The third-order valence-electron chi connectivity index (χ3n) is 4.76. The van der Waals surface area contributed by atoms with E-state index in [-0.39, 0.29) is 37.1 Å². The van der Waals surface area contributed by atoms with E-state index < -0.39 is 0 Å². The van der Waals surface area contributed by atoms with Crippen molar-refractivity contribution in [3.8, 4) is 11.5 Å². The topological polar surface area (TPSA) is 76.2 Å². The Morgan fingerprint density at radius 2 is 1.69 bits per heavy atom. The van der Waals surface area contributed by atoms with E-state index in [4.69, 9.17) is 9.47 Å². The lowest BCUT2D eigenvalue weighted by Crippen LogP contribution is -2.40. The molecule has 1 heterocycles. The maximum atomic E-state index is 12.4. The number of amides is 3. The first-order valence-corrected chi connectivity index (χ1v) is 9.38. The van der Waals surface area contributed by atoms with Crippen LogP contribution in [0.15, 0.2) is 48.5 Å². The first-order chi connectivity index (χ1) is 14.0. The average Bonchev–Trinajstić information content (AvgIpc) is 3.05. The number of nitrogens with zero attached hydrogens (tertiary/aromatic N) is 2. The van der Waals surface area contributed by atoms with E-state index in [0.29, 0.717) is 24.7 Å². The SMILES string of the molecule is COc1cc(CN(C)C(=O)CN2C(=O)CCC2=O)ccc1OCc1ccccc1. The number of ether oxygens (including phenoxy) is 2. The van der Waals surface area contributed by atoms with E-state index in [2.05, 4.69) is 0 Å². The second-order valence-corrected chi connectivity index (χ2v) is 6.88. The van der Waals surface area contributed by atoms with Gasteiger partial charge >= 0.3 is 0 Å². The van der Waals surface area contributed by atoms with E-state index in [1.165, 1.54) is 4.90 Å². The summed E-state index contributed by atoms with van der Waals surface area (Å²) >= 11 is 0. The van der Waals surface area contributed by atoms with Gasteiger partial charge in [-0.3, -0.25) is 19.3 Å². The Bertz CT molecular complexity index is 881. The van der Waals surface area contributed by atoms with Gasteiger partial charge < -0.3 is 14.4 Å². The Kier molecular flexibility index (Phi) is 6.49. The van der Waals surface area contributed by atoms with Crippen molar-refractivity contribution in [3.05, 3.63) is 59.7 Å². The summed E-state index contributed by atoms with van der Waals surface area (Å²) in [5.41, 5.74) is 1.90. The Labute approximate surface area is 169 Å². The highest BCUT2D eigenvalue weighted by atomic mass is 16.5. The van der Waals surface area contributed by atoms with Crippen LogP contribution in [0.3, 0.4) is 0 Å². The summed E-state index contributed by atoms with van der Waals surface area (Å²) in [7, 11) is 3.20. The molecule has 0 unspecified atom stereocenters. The molecule has 7 nitrogen and oxygen atoms in total. The first-order valence-electron chi connectivity index (χ1n) is 9.38. The molecular weight excluding hydrogens is 372 g/mol. The summed E-state index contributed by atoms with van der Waals surface area (Å²) in [6.45, 7) is 0.529. The summed E-state index contributed by atoms with van der Waals surface area (Å²) in [5.74, 6) is 0.306. The van der Waals surface area contributed by atoms with Crippen LogP contribution in [0.1, 0.15) is 24.0 Å². The van der Waals surface area contributed by atoms with Gasteiger partial charge in [-0.05, 0) is 23.3 Å². The molecule has 3 amide bonds. The smallest absolute Gasteiger partial charge is 0.242 e. The molecule has 0 saturated carbocycles. The second kappa shape index (κ2) is 9.23. The average molecular weight is 396 g/mol. The number of hydrogen-bond acceptors (Lipinski definition) is 5. The molecule has 0 aromatic heterocycles. The predicted octanol–water partition coefficient (Wildman–Crippen LogP) is 2.38. The molecule has 0 bridgehead atoms. The van der Waals surface area contributed by atoms with Gasteiger partial charge in [-0.15, -0.1) is 0 Å². The molecule has 3 rings (SSSR count). The van der Waals surface area contributed by atoms with Crippen molar-refractivity contribution >= 4 is 17.7 Å². The number of carbonyl (C=O) groups is 3. The van der Waals surface area contributed by atoms with Crippen LogP contribution in [0.25, 0.3) is 0 Å². The standard InChI is InChI=1S/C22H24N2O5/c1-23(22(27)14-24-20(25)10-11-21(24)26)13-17-8-9-18(19(12-17)28-2)29-15-16-6-4-3-5-7-16/h3-9,12H,10-11,13-15H2,1-2H3. The second-order valence-electron chi connectivity index (χ2n) is 6.88. The fraction of sp³-hybridized carbons (Fsp3) is 0.318. The Balaban J connectivity index is 1.60. The van der Waals surface area contributed by atoms with Gasteiger partial charge in [0.1, 0.15) is 13.2 Å². The maximum absolute atomic E-state index is 12.4. The molecule has 1 fully saturated rings. The number of methoxy groups -OCH3 is 1. The van der Waals surface area contributed by atoms with Crippen molar-refractivity contribution in [3.63, 3.8) is 0 Å². The van der Waals surface area contributed by atoms with Gasteiger partial charge in [0.05, 0.1) is 7.11 Å². The Morgan fingerprint density at radius 1 is 1.00 bits per heavy atom. The maximum Gasteiger partial charge on any atom is 0.242 e. The van der Waals surface area contributed by atoms with Gasteiger partial charge in [0, 0.05) is 26.4 Å². The van der Waals surface area contributed by atoms with Crippen molar-refractivity contribution in [2.75, 3.05) is 20.7 Å². The lowest BCUT2D eigenvalue weighted by atomic mass is 10.2. The van der Waals surface area contributed by atoms with Crippen molar-refractivity contribution in [1.82, 2.24) is 9.80 Å². The molecule has 0 spiro atoms. The number of rotatable bonds is 8. The van der Waals surface area contributed by atoms with Crippen LogP contribution in [0, 0.1) is 0 Å². The van der Waals surface area contributed by atoms with Gasteiger partial charge in [0.2, 0.25) is 17.7 Å². The number of carbonyl (C=O) groups excluding carboxylic acids is 3. The predicted molar refractivity (Wildman–Crippen MR) is 106 cm³/mol. The zero-order chi connectivity index (χ0) is 20.8. The monoisotopic (exact) mass is 396 g/mol. The van der Waals surface area contributed by atoms with Gasteiger partial charge in [-0.2, -0.15) is 0 Å². The molecule has 0 N–H and O–H groups in total. The normalized spacial score (nSPS) is 13.5. The summed E-state index contributed by atoms with van der Waals surface area (Å²) in [4.78, 5) is 38.3. The van der Waals surface area contributed by atoms with Crippen LogP contribution in [0.2, 0.25) is 0 Å². The quantitative estimate of drug-likeness (QED) is 0.641. The van der Waals surface area contributed by atoms with Gasteiger partial charge in [0.15, 0.2) is 11.5 Å². The third kappa shape index (κ3) is 5.13. The van der Waals surface area contributed by atoms with Gasteiger partial charge in [0.25, 0.3) is 0 Å². The number of imide groups is 1. The number of hydrogen-bond donors (Lipinski definition) is 0. The number of likely N-dealkylation sites (tertiary alicyclic amines) is 1. The molecule has 2 aromatic carbocycles. The highest BCUT2D eigenvalue weighted by Crippen LogP contribution is 2.29. The van der Waals surface area contributed by atoms with Crippen LogP contribution in [-0.2, 0) is 27.5 Å². The summed E-state index contributed by atoms with van der Waals surface area (Å²) in [5, 5.41) is 0. The number of benzene rings is 2. The van der Waals surface area contributed by atoms with Crippen LogP contribution in [0.4, 0.5) is 0 Å². The lowest BCUT2D eigenvalue weighted by Gasteiger charge is -2.21. The molecule has 1 aliphatic rings. The summed E-state index contributed by atoms with van der Waals surface area (Å²) in [6.07, 6.45) is 0.356. The van der Waals surface area contributed by atoms with Crippen molar-refractivity contribution in [2.24, 2.45) is 0 Å². The van der Waals surface area contributed by atoms with E-state index >= 15 is 0 Å². The molecule has 0 aliphatic carbocycles.